The van der Waals surface area contributed by atoms with Gasteiger partial charge in [0.1, 0.15) is 11.4 Å². The molecule has 0 unspecified atom stereocenters. The smallest absolute Gasteiger partial charge is 0.270 e. The molecule has 0 saturated carbocycles. The predicted octanol–water partition coefficient (Wildman–Crippen LogP) is 1.55. The Balaban J connectivity index is 1.54. The number of nitrogens with zero attached hydrogens (tertiary/aromatic N) is 2. The Bertz CT molecular complexity index is 704. The average Bonchev–Trinajstić information content (AvgIpc) is 3.16. The van der Waals surface area contributed by atoms with Gasteiger partial charge in [-0.2, -0.15) is 0 Å². The van der Waals surface area contributed by atoms with Crippen molar-refractivity contribution in [1.29, 1.82) is 0 Å². The first kappa shape index (κ1) is 16.1. The van der Waals surface area contributed by atoms with Crippen LogP contribution in [-0.4, -0.2) is 59.9 Å². The first-order chi connectivity index (χ1) is 11.7. The molecule has 1 N–H and O–H groups in total. The molecule has 0 aliphatic carbocycles. The van der Waals surface area contributed by atoms with Crippen molar-refractivity contribution >= 4 is 11.8 Å². The molecular weight excluding hydrogens is 306 g/mol. The average molecular weight is 327 g/mol. The minimum Gasteiger partial charge on any atom is -0.497 e. The van der Waals surface area contributed by atoms with Gasteiger partial charge in [-0.3, -0.25) is 9.59 Å². The Morgan fingerprint density at radius 3 is 2.50 bits per heavy atom. The lowest BCUT2D eigenvalue weighted by molar-refractivity contribution is -0.131. The van der Waals surface area contributed by atoms with Crippen LogP contribution in [0.25, 0.3) is 0 Å². The minimum atomic E-state index is -0.0140. The number of methoxy groups -OCH3 is 1. The van der Waals surface area contributed by atoms with Gasteiger partial charge in [0.15, 0.2) is 0 Å². The number of piperazine rings is 1. The van der Waals surface area contributed by atoms with Crippen molar-refractivity contribution in [2.75, 3.05) is 33.3 Å². The van der Waals surface area contributed by atoms with Gasteiger partial charge in [0.05, 0.1) is 13.5 Å². The molecular formula is C18H21N3O3. The molecule has 3 rings (SSSR count). The standard InChI is InChI=1S/C18H21N3O3/c1-24-15-5-2-4-14(12-15)13-17(22)20-8-10-21(11-9-20)18(23)16-6-3-7-19-16/h2-7,12,19H,8-11,13H2,1H3. The van der Waals surface area contributed by atoms with E-state index in [4.69, 9.17) is 4.74 Å². The van der Waals surface area contributed by atoms with Gasteiger partial charge in [-0.15, -0.1) is 0 Å². The van der Waals surface area contributed by atoms with E-state index >= 15 is 0 Å². The summed E-state index contributed by atoms with van der Waals surface area (Å²) in [5.74, 6) is 0.816. The van der Waals surface area contributed by atoms with E-state index in [-0.39, 0.29) is 11.8 Å². The summed E-state index contributed by atoms with van der Waals surface area (Å²) in [6.07, 6.45) is 2.09. The topological polar surface area (TPSA) is 65.6 Å². The first-order valence-corrected chi connectivity index (χ1v) is 8.01. The maximum Gasteiger partial charge on any atom is 0.270 e. The van der Waals surface area contributed by atoms with Crippen molar-refractivity contribution in [3.63, 3.8) is 0 Å². The highest BCUT2D eigenvalue weighted by molar-refractivity contribution is 5.92. The quantitative estimate of drug-likeness (QED) is 0.926. The van der Waals surface area contributed by atoms with Crippen LogP contribution < -0.4 is 4.74 Å². The molecule has 0 atom stereocenters. The number of ether oxygens (including phenoxy) is 1. The van der Waals surface area contributed by atoms with Crippen LogP contribution in [0.2, 0.25) is 0 Å². The van der Waals surface area contributed by atoms with Crippen LogP contribution in [0.4, 0.5) is 0 Å². The summed E-state index contributed by atoms with van der Waals surface area (Å²) < 4.78 is 5.19. The molecule has 2 aromatic rings. The molecule has 6 nitrogen and oxygen atoms in total. The van der Waals surface area contributed by atoms with E-state index in [1.54, 1.807) is 30.3 Å². The highest BCUT2D eigenvalue weighted by Crippen LogP contribution is 2.15. The van der Waals surface area contributed by atoms with Crippen LogP contribution in [0.5, 0.6) is 5.75 Å². The molecule has 1 aliphatic heterocycles. The van der Waals surface area contributed by atoms with E-state index in [0.29, 0.717) is 38.3 Å². The number of nitrogens with one attached hydrogen (secondary N) is 1. The van der Waals surface area contributed by atoms with Crippen LogP contribution in [0.1, 0.15) is 16.1 Å². The lowest BCUT2D eigenvalue weighted by Gasteiger charge is -2.34. The molecule has 0 bridgehead atoms. The SMILES string of the molecule is COc1cccc(CC(=O)N2CCN(C(=O)c3ccc[nH]3)CC2)c1. The van der Waals surface area contributed by atoms with Crippen molar-refractivity contribution in [3.05, 3.63) is 53.9 Å². The fourth-order valence-electron chi connectivity index (χ4n) is 2.86. The van der Waals surface area contributed by atoms with Crippen molar-refractivity contribution in [3.8, 4) is 5.75 Å². The molecule has 24 heavy (non-hydrogen) atoms. The normalized spacial score (nSPS) is 14.5. The summed E-state index contributed by atoms with van der Waals surface area (Å²) in [6.45, 7) is 2.24. The van der Waals surface area contributed by atoms with E-state index in [1.807, 2.05) is 29.2 Å². The number of benzene rings is 1. The molecule has 126 valence electrons. The Kier molecular flexibility index (Phi) is 4.84. The lowest BCUT2D eigenvalue weighted by atomic mass is 10.1. The highest BCUT2D eigenvalue weighted by Gasteiger charge is 2.25. The number of carbonyl (C=O) groups excluding carboxylic acids is 2. The van der Waals surface area contributed by atoms with Crippen molar-refractivity contribution < 1.29 is 14.3 Å². The van der Waals surface area contributed by atoms with E-state index in [9.17, 15) is 9.59 Å². The zero-order chi connectivity index (χ0) is 16.9. The van der Waals surface area contributed by atoms with Crippen LogP contribution >= 0.6 is 0 Å². The van der Waals surface area contributed by atoms with Crippen LogP contribution in [0.3, 0.4) is 0 Å². The van der Waals surface area contributed by atoms with Gasteiger partial charge in [-0.05, 0) is 29.8 Å². The molecule has 1 fully saturated rings. The van der Waals surface area contributed by atoms with Gasteiger partial charge >= 0.3 is 0 Å². The Hall–Kier alpha value is -2.76. The summed E-state index contributed by atoms with van der Waals surface area (Å²) in [5, 5.41) is 0. The van der Waals surface area contributed by atoms with E-state index in [2.05, 4.69) is 4.98 Å². The number of H-pyrrole nitrogens is 1. The molecule has 0 spiro atoms. The second-order valence-corrected chi connectivity index (χ2v) is 5.79. The molecule has 1 aliphatic rings. The Labute approximate surface area is 141 Å². The third kappa shape index (κ3) is 3.59. The fraction of sp³-hybridized carbons (Fsp3) is 0.333. The van der Waals surface area contributed by atoms with E-state index < -0.39 is 0 Å². The number of hydrogen-bond acceptors (Lipinski definition) is 3. The monoisotopic (exact) mass is 327 g/mol. The van der Waals surface area contributed by atoms with Crippen LogP contribution in [-0.2, 0) is 11.2 Å². The van der Waals surface area contributed by atoms with Gasteiger partial charge in [0, 0.05) is 32.4 Å². The maximum atomic E-state index is 12.4. The molecule has 1 aromatic carbocycles. The largest absolute Gasteiger partial charge is 0.497 e. The number of aromatic nitrogens is 1. The van der Waals surface area contributed by atoms with Gasteiger partial charge in [0.25, 0.3) is 5.91 Å². The second kappa shape index (κ2) is 7.21. The predicted molar refractivity (Wildman–Crippen MR) is 90.0 cm³/mol. The molecule has 0 radical (unpaired) electrons. The summed E-state index contributed by atoms with van der Waals surface area (Å²) in [7, 11) is 1.61. The number of hydrogen-bond donors (Lipinski definition) is 1. The number of rotatable bonds is 4. The summed E-state index contributed by atoms with van der Waals surface area (Å²) in [4.78, 5) is 31.2. The third-order valence-electron chi connectivity index (χ3n) is 4.24. The van der Waals surface area contributed by atoms with Crippen LogP contribution in [0.15, 0.2) is 42.6 Å². The first-order valence-electron chi connectivity index (χ1n) is 8.01. The van der Waals surface area contributed by atoms with Gasteiger partial charge in [0.2, 0.25) is 5.91 Å². The number of carbonyl (C=O) groups is 2. The zero-order valence-corrected chi connectivity index (χ0v) is 13.7. The fourth-order valence-corrected chi connectivity index (χ4v) is 2.86. The lowest BCUT2D eigenvalue weighted by Crippen LogP contribution is -2.51. The number of aromatic amines is 1. The zero-order valence-electron chi connectivity index (χ0n) is 13.7. The molecule has 6 heteroatoms. The van der Waals surface area contributed by atoms with Crippen molar-refractivity contribution in [2.24, 2.45) is 0 Å². The number of amides is 2. The van der Waals surface area contributed by atoms with Crippen LogP contribution in [0, 0.1) is 0 Å². The molecule has 1 saturated heterocycles. The molecule has 2 amide bonds. The second-order valence-electron chi connectivity index (χ2n) is 5.79. The summed E-state index contributed by atoms with van der Waals surface area (Å²) >= 11 is 0. The van der Waals surface area contributed by atoms with E-state index in [0.717, 1.165) is 11.3 Å². The molecule has 2 heterocycles. The van der Waals surface area contributed by atoms with E-state index in [1.165, 1.54) is 0 Å². The summed E-state index contributed by atoms with van der Waals surface area (Å²) in [5.41, 5.74) is 1.52. The third-order valence-corrected chi connectivity index (χ3v) is 4.24. The van der Waals surface area contributed by atoms with Gasteiger partial charge in [-0.25, -0.2) is 0 Å². The van der Waals surface area contributed by atoms with Crippen molar-refractivity contribution in [1.82, 2.24) is 14.8 Å². The Morgan fingerprint density at radius 1 is 1.08 bits per heavy atom. The highest BCUT2D eigenvalue weighted by atomic mass is 16.5. The molecule has 1 aromatic heterocycles. The minimum absolute atomic E-state index is 0.0140. The maximum absolute atomic E-state index is 12.4. The Morgan fingerprint density at radius 2 is 1.83 bits per heavy atom. The van der Waals surface area contributed by atoms with Gasteiger partial charge < -0.3 is 19.5 Å². The van der Waals surface area contributed by atoms with Crippen molar-refractivity contribution in [2.45, 2.75) is 6.42 Å². The van der Waals surface area contributed by atoms with Gasteiger partial charge in [-0.1, -0.05) is 12.1 Å². The summed E-state index contributed by atoms with van der Waals surface area (Å²) in [6, 6.07) is 11.1.